The Morgan fingerprint density at radius 2 is 1.83 bits per heavy atom. The van der Waals surface area contributed by atoms with Gasteiger partial charge in [-0.05, 0) is 78.7 Å². The Kier molecular flexibility index (Phi) is 5.69. The van der Waals surface area contributed by atoms with Gasteiger partial charge in [0.1, 0.15) is 11.6 Å². The van der Waals surface area contributed by atoms with Crippen LogP contribution in [0, 0.1) is 16.6 Å². The predicted octanol–water partition coefficient (Wildman–Crippen LogP) is 5.69. The number of phenols is 1. The Balaban J connectivity index is 1.42. The summed E-state index contributed by atoms with van der Waals surface area (Å²) in [7, 11) is 3.55. The van der Waals surface area contributed by atoms with Crippen LogP contribution in [-0.4, -0.2) is 41.3 Å². The summed E-state index contributed by atoms with van der Waals surface area (Å²) >= 11 is 0. The number of aromatic nitrogens is 2. The van der Waals surface area contributed by atoms with Crippen LogP contribution in [-0.2, 0) is 0 Å². The zero-order chi connectivity index (χ0) is 25.0. The Morgan fingerprint density at radius 1 is 1.11 bits per heavy atom. The molecule has 7 heteroatoms. The molecule has 1 amide bonds. The number of carbonyl (C=O) groups excluding carboxylic acids is 1. The van der Waals surface area contributed by atoms with Crippen molar-refractivity contribution in [2.75, 3.05) is 19.0 Å². The molecule has 2 aromatic carbocycles. The second-order valence-electron chi connectivity index (χ2n) is 11.2. The van der Waals surface area contributed by atoms with E-state index in [2.05, 4.69) is 41.3 Å². The minimum atomic E-state index is -0.661. The van der Waals surface area contributed by atoms with E-state index in [1.54, 1.807) is 12.1 Å². The largest absolute Gasteiger partial charge is 0.507 e. The van der Waals surface area contributed by atoms with Gasteiger partial charge in [-0.25, -0.2) is 4.39 Å². The summed E-state index contributed by atoms with van der Waals surface area (Å²) in [4.78, 5) is 14.2. The summed E-state index contributed by atoms with van der Waals surface area (Å²) < 4.78 is 14.9. The Hall–Kier alpha value is -3.22. The lowest BCUT2D eigenvalue weighted by atomic mass is 9.55. The SMILES string of the molecule is CNC(=O)c1ccc2cc(-c3ccc(N(C)C4C[C@]5(C)CCC[C@](C)(C4)C5)nn3)c(O)cc2c1F. The summed E-state index contributed by atoms with van der Waals surface area (Å²) in [6.07, 6.45) is 7.55. The minimum absolute atomic E-state index is 0.0612. The van der Waals surface area contributed by atoms with Crippen molar-refractivity contribution in [1.82, 2.24) is 15.5 Å². The standard InChI is InChI=1S/C28H33FN4O2/c1-27-10-5-11-28(2,16-27)15-18(14-27)33(4)24-9-8-22(31-32-24)21-12-17-6-7-19(26(35)30-3)25(29)20(17)13-23(21)34/h6-9,12-13,18,34H,5,10-11,14-16H2,1-4H3,(H,30,35)/t18?,27-,28+. The lowest BCUT2D eigenvalue weighted by molar-refractivity contribution is 0.0141. The number of amides is 1. The van der Waals surface area contributed by atoms with Gasteiger partial charge in [-0.1, -0.05) is 26.3 Å². The lowest BCUT2D eigenvalue weighted by Crippen LogP contribution is -2.49. The molecule has 2 fully saturated rings. The molecule has 1 heterocycles. The average molecular weight is 477 g/mol. The number of hydrogen-bond acceptors (Lipinski definition) is 5. The molecule has 6 nitrogen and oxygen atoms in total. The van der Waals surface area contributed by atoms with Crippen LogP contribution >= 0.6 is 0 Å². The highest BCUT2D eigenvalue weighted by Gasteiger charge is 2.47. The van der Waals surface area contributed by atoms with Gasteiger partial charge in [0.05, 0.1) is 11.3 Å². The van der Waals surface area contributed by atoms with E-state index in [1.165, 1.54) is 44.9 Å². The average Bonchev–Trinajstić information content (AvgIpc) is 2.82. The van der Waals surface area contributed by atoms with Gasteiger partial charge in [0, 0.05) is 31.1 Å². The molecule has 2 saturated carbocycles. The van der Waals surface area contributed by atoms with Gasteiger partial charge in [-0.15, -0.1) is 10.2 Å². The van der Waals surface area contributed by atoms with E-state index in [4.69, 9.17) is 0 Å². The molecule has 0 saturated heterocycles. The van der Waals surface area contributed by atoms with Crippen LogP contribution in [0.1, 0.15) is 62.7 Å². The normalized spacial score (nSPS) is 25.9. The van der Waals surface area contributed by atoms with Crippen LogP contribution in [0.2, 0.25) is 0 Å². The molecule has 0 radical (unpaired) electrons. The van der Waals surface area contributed by atoms with Gasteiger partial charge in [0.25, 0.3) is 5.91 Å². The van der Waals surface area contributed by atoms with Crippen LogP contribution < -0.4 is 10.2 Å². The van der Waals surface area contributed by atoms with E-state index >= 15 is 0 Å². The molecule has 2 aliphatic carbocycles. The number of fused-ring (bicyclic) bond motifs is 3. The predicted molar refractivity (Wildman–Crippen MR) is 136 cm³/mol. The van der Waals surface area contributed by atoms with Crippen molar-refractivity contribution in [2.45, 2.75) is 58.4 Å². The maximum atomic E-state index is 14.9. The molecular weight excluding hydrogens is 443 g/mol. The molecule has 5 rings (SSSR count). The molecule has 35 heavy (non-hydrogen) atoms. The maximum Gasteiger partial charge on any atom is 0.254 e. The summed E-state index contributed by atoms with van der Waals surface area (Å²) in [5.41, 5.74) is 1.70. The van der Waals surface area contributed by atoms with Crippen molar-refractivity contribution in [3.63, 3.8) is 0 Å². The Bertz CT molecular complexity index is 1280. The van der Waals surface area contributed by atoms with Crippen molar-refractivity contribution in [3.8, 4) is 17.0 Å². The molecule has 0 aliphatic heterocycles. The zero-order valence-electron chi connectivity index (χ0n) is 20.9. The van der Waals surface area contributed by atoms with Gasteiger partial charge in [0.2, 0.25) is 0 Å². The molecule has 3 aromatic rings. The monoisotopic (exact) mass is 476 g/mol. The number of hydrogen-bond donors (Lipinski definition) is 2. The molecule has 3 atom stereocenters. The molecule has 1 aromatic heterocycles. The number of benzene rings is 2. The van der Waals surface area contributed by atoms with Crippen LogP contribution in [0.15, 0.2) is 36.4 Å². The fourth-order valence-corrected chi connectivity index (χ4v) is 6.66. The van der Waals surface area contributed by atoms with Gasteiger partial charge in [-0.3, -0.25) is 4.79 Å². The third kappa shape index (κ3) is 4.21. The van der Waals surface area contributed by atoms with Crippen molar-refractivity contribution in [2.24, 2.45) is 10.8 Å². The van der Waals surface area contributed by atoms with Crippen molar-refractivity contribution >= 4 is 22.5 Å². The zero-order valence-corrected chi connectivity index (χ0v) is 20.9. The van der Waals surface area contributed by atoms with E-state index in [0.717, 1.165) is 18.7 Å². The van der Waals surface area contributed by atoms with Crippen molar-refractivity contribution in [3.05, 3.63) is 47.8 Å². The highest BCUT2D eigenvalue weighted by Crippen LogP contribution is 2.56. The van der Waals surface area contributed by atoms with Crippen LogP contribution in [0.25, 0.3) is 22.0 Å². The maximum absolute atomic E-state index is 14.9. The summed E-state index contributed by atoms with van der Waals surface area (Å²) in [5, 5.41) is 22.7. The molecule has 184 valence electrons. The first-order valence-corrected chi connectivity index (χ1v) is 12.4. The molecule has 2 N–H and O–H groups in total. The van der Waals surface area contributed by atoms with E-state index < -0.39 is 11.7 Å². The number of aromatic hydroxyl groups is 1. The highest BCUT2D eigenvalue weighted by molar-refractivity contribution is 6.00. The summed E-state index contributed by atoms with van der Waals surface area (Å²) in [5.74, 6) is -0.469. The van der Waals surface area contributed by atoms with Gasteiger partial charge >= 0.3 is 0 Å². The van der Waals surface area contributed by atoms with E-state index in [9.17, 15) is 14.3 Å². The summed E-state index contributed by atoms with van der Waals surface area (Å²) in [6, 6.07) is 10.4. The number of nitrogens with zero attached hydrogens (tertiary/aromatic N) is 3. The molecule has 0 spiro atoms. The number of rotatable bonds is 4. The molecule has 1 unspecified atom stereocenters. The van der Waals surface area contributed by atoms with E-state index in [-0.39, 0.29) is 16.7 Å². The fourth-order valence-electron chi connectivity index (χ4n) is 6.66. The first-order chi connectivity index (χ1) is 16.6. The fraction of sp³-hybridized carbons (Fsp3) is 0.464. The lowest BCUT2D eigenvalue weighted by Gasteiger charge is -2.54. The number of anilines is 1. The molecule has 2 bridgehead atoms. The minimum Gasteiger partial charge on any atom is -0.507 e. The van der Waals surface area contributed by atoms with Gasteiger partial charge in [-0.2, -0.15) is 0 Å². The topological polar surface area (TPSA) is 78.4 Å². The highest BCUT2D eigenvalue weighted by atomic mass is 19.1. The van der Waals surface area contributed by atoms with Crippen molar-refractivity contribution < 1.29 is 14.3 Å². The van der Waals surface area contributed by atoms with Gasteiger partial charge in [0.15, 0.2) is 5.82 Å². The number of halogens is 1. The van der Waals surface area contributed by atoms with Gasteiger partial charge < -0.3 is 15.3 Å². The summed E-state index contributed by atoms with van der Waals surface area (Å²) in [6.45, 7) is 4.87. The second kappa shape index (κ2) is 8.47. The second-order valence-corrected chi connectivity index (χ2v) is 11.2. The molecule has 2 aliphatic rings. The number of nitrogens with one attached hydrogen (secondary N) is 1. The third-order valence-corrected chi connectivity index (χ3v) is 8.25. The van der Waals surface area contributed by atoms with Crippen LogP contribution in [0.4, 0.5) is 10.2 Å². The quantitative estimate of drug-likeness (QED) is 0.506. The van der Waals surface area contributed by atoms with E-state index in [1.807, 2.05) is 12.1 Å². The third-order valence-electron chi connectivity index (χ3n) is 8.25. The number of phenolic OH excluding ortho intramolecular Hbond substituents is 1. The van der Waals surface area contributed by atoms with E-state index in [0.29, 0.717) is 33.5 Å². The van der Waals surface area contributed by atoms with Crippen LogP contribution in [0.5, 0.6) is 5.75 Å². The number of carbonyl (C=O) groups is 1. The Morgan fingerprint density at radius 3 is 2.46 bits per heavy atom. The smallest absolute Gasteiger partial charge is 0.254 e. The first-order valence-electron chi connectivity index (χ1n) is 12.4. The van der Waals surface area contributed by atoms with Crippen LogP contribution in [0.3, 0.4) is 0 Å². The Labute approximate surface area is 205 Å². The van der Waals surface area contributed by atoms with Crippen molar-refractivity contribution in [1.29, 1.82) is 0 Å². The first kappa shape index (κ1) is 23.5. The molecular formula is C28H33FN4O2.